The van der Waals surface area contributed by atoms with Gasteiger partial charge in [0.25, 0.3) is 0 Å². The highest BCUT2D eigenvalue weighted by molar-refractivity contribution is 5.50. The SMILES string of the molecule is Cc1nn(C)c(N2CCC(CCO)C2)c1CO. The number of rotatable bonds is 4. The molecular weight excluding hydrogens is 218 g/mol. The third kappa shape index (κ3) is 2.30. The zero-order chi connectivity index (χ0) is 12.4. The van der Waals surface area contributed by atoms with Crippen molar-refractivity contribution in [2.45, 2.75) is 26.4 Å². The Bertz CT molecular complexity index is 389. The second-order valence-corrected chi connectivity index (χ2v) is 4.78. The molecule has 0 aromatic carbocycles. The summed E-state index contributed by atoms with van der Waals surface area (Å²) in [4.78, 5) is 2.27. The van der Waals surface area contributed by atoms with E-state index in [9.17, 15) is 5.11 Å². The van der Waals surface area contributed by atoms with E-state index in [2.05, 4.69) is 10.00 Å². The van der Waals surface area contributed by atoms with E-state index in [1.54, 1.807) is 0 Å². The first kappa shape index (κ1) is 12.4. The van der Waals surface area contributed by atoms with Gasteiger partial charge in [0, 0.05) is 32.3 Å². The minimum atomic E-state index is 0.0379. The number of nitrogens with zero attached hydrogens (tertiary/aromatic N) is 3. The van der Waals surface area contributed by atoms with Gasteiger partial charge in [0.2, 0.25) is 0 Å². The van der Waals surface area contributed by atoms with Crippen LogP contribution in [0.15, 0.2) is 0 Å². The summed E-state index contributed by atoms with van der Waals surface area (Å²) in [6.07, 6.45) is 1.97. The zero-order valence-corrected chi connectivity index (χ0v) is 10.6. The summed E-state index contributed by atoms with van der Waals surface area (Å²) in [5.74, 6) is 1.59. The molecule has 1 unspecified atom stereocenters. The van der Waals surface area contributed by atoms with Crippen LogP contribution in [-0.2, 0) is 13.7 Å². The van der Waals surface area contributed by atoms with Crippen LogP contribution in [0, 0.1) is 12.8 Å². The van der Waals surface area contributed by atoms with E-state index in [1.165, 1.54) is 0 Å². The Kier molecular flexibility index (Phi) is 3.69. The van der Waals surface area contributed by atoms with Crippen LogP contribution in [0.4, 0.5) is 5.82 Å². The fourth-order valence-electron chi connectivity index (χ4n) is 2.71. The highest BCUT2D eigenvalue weighted by atomic mass is 16.3. The highest BCUT2D eigenvalue weighted by Gasteiger charge is 2.26. The number of hydrogen-bond donors (Lipinski definition) is 2. The van der Waals surface area contributed by atoms with E-state index in [1.807, 2.05) is 18.7 Å². The predicted molar refractivity (Wildman–Crippen MR) is 65.9 cm³/mol. The quantitative estimate of drug-likeness (QED) is 0.800. The smallest absolute Gasteiger partial charge is 0.132 e. The summed E-state index contributed by atoms with van der Waals surface area (Å²) in [7, 11) is 1.92. The topological polar surface area (TPSA) is 61.5 Å². The maximum Gasteiger partial charge on any atom is 0.132 e. The van der Waals surface area contributed by atoms with Crippen molar-refractivity contribution in [2.75, 3.05) is 24.6 Å². The van der Waals surface area contributed by atoms with Gasteiger partial charge in [0.15, 0.2) is 0 Å². The van der Waals surface area contributed by atoms with Crippen LogP contribution in [-0.4, -0.2) is 39.7 Å². The number of aliphatic hydroxyl groups excluding tert-OH is 2. The van der Waals surface area contributed by atoms with Crippen LogP contribution in [0.25, 0.3) is 0 Å². The standard InChI is InChI=1S/C12H21N3O2/c1-9-11(8-17)12(14(2)13-9)15-5-3-10(7-15)4-6-16/h10,16-17H,3-8H2,1-2H3. The molecule has 1 aromatic heterocycles. The summed E-state index contributed by atoms with van der Waals surface area (Å²) in [5, 5.41) is 22.8. The average molecular weight is 239 g/mol. The molecule has 5 heteroatoms. The monoisotopic (exact) mass is 239 g/mol. The molecule has 0 bridgehead atoms. The molecule has 1 saturated heterocycles. The third-order valence-electron chi connectivity index (χ3n) is 3.59. The van der Waals surface area contributed by atoms with Crippen molar-refractivity contribution in [3.8, 4) is 0 Å². The molecule has 2 rings (SSSR count). The van der Waals surface area contributed by atoms with Crippen LogP contribution in [0.5, 0.6) is 0 Å². The summed E-state index contributed by atoms with van der Waals surface area (Å²) in [6.45, 7) is 4.16. The molecule has 0 radical (unpaired) electrons. The summed E-state index contributed by atoms with van der Waals surface area (Å²) < 4.78 is 1.85. The van der Waals surface area contributed by atoms with Crippen molar-refractivity contribution < 1.29 is 10.2 Å². The molecule has 0 amide bonds. The molecule has 1 aromatic rings. The molecule has 1 aliphatic heterocycles. The largest absolute Gasteiger partial charge is 0.396 e. The molecule has 5 nitrogen and oxygen atoms in total. The first-order valence-corrected chi connectivity index (χ1v) is 6.16. The fourth-order valence-corrected chi connectivity index (χ4v) is 2.71. The van der Waals surface area contributed by atoms with Crippen molar-refractivity contribution in [3.63, 3.8) is 0 Å². The maximum absolute atomic E-state index is 9.42. The van der Waals surface area contributed by atoms with Crippen molar-refractivity contribution >= 4 is 5.82 Å². The van der Waals surface area contributed by atoms with Crippen LogP contribution in [0.3, 0.4) is 0 Å². The maximum atomic E-state index is 9.42. The van der Waals surface area contributed by atoms with Gasteiger partial charge in [-0.1, -0.05) is 0 Å². The Hall–Kier alpha value is -1.07. The van der Waals surface area contributed by atoms with Crippen molar-refractivity contribution in [2.24, 2.45) is 13.0 Å². The number of aryl methyl sites for hydroxylation is 2. The summed E-state index contributed by atoms with van der Waals surface area (Å²) in [5.41, 5.74) is 1.83. The van der Waals surface area contributed by atoms with Gasteiger partial charge in [0.1, 0.15) is 5.82 Å². The molecule has 1 aliphatic rings. The van der Waals surface area contributed by atoms with E-state index < -0.39 is 0 Å². The van der Waals surface area contributed by atoms with Gasteiger partial charge in [-0.15, -0.1) is 0 Å². The first-order chi connectivity index (χ1) is 8.17. The van der Waals surface area contributed by atoms with Gasteiger partial charge < -0.3 is 15.1 Å². The Morgan fingerprint density at radius 3 is 2.82 bits per heavy atom. The Labute approximate surface area is 102 Å². The van der Waals surface area contributed by atoms with Crippen LogP contribution < -0.4 is 4.90 Å². The number of aliphatic hydroxyl groups is 2. The van der Waals surface area contributed by atoms with E-state index in [4.69, 9.17) is 5.11 Å². The van der Waals surface area contributed by atoms with Gasteiger partial charge >= 0.3 is 0 Å². The zero-order valence-electron chi connectivity index (χ0n) is 10.6. The lowest BCUT2D eigenvalue weighted by atomic mass is 10.1. The lowest BCUT2D eigenvalue weighted by Crippen LogP contribution is -2.23. The third-order valence-corrected chi connectivity index (χ3v) is 3.59. The van der Waals surface area contributed by atoms with Gasteiger partial charge in [-0.2, -0.15) is 5.10 Å². The number of anilines is 1. The van der Waals surface area contributed by atoms with Crippen molar-refractivity contribution in [3.05, 3.63) is 11.3 Å². The molecule has 0 spiro atoms. The summed E-state index contributed by atoms with van der Waals surface area (Å²) in [6, 6.07) is 0. The second-order valence-electron chi connectivity index (χ2n) is 4.78. The fraction of sp³-hybridized carbons (Fsp3) is 0.750. The minimum absolute atomic E-state index is 0.0379. The minimum Gasteiger partial charge on any atom is -0.396 e. The molecule has 96 valence electrons. The van der Waals surface area contributed by atoms with Gasteiger partial charge in [-0.3, -0.25) is 4.68 Å². The molecule has 1 atom stereocenters. The lowest BCUT2D eigenvalue weighted by molar-refractivity contribution is 0.263. The second kappa shape index (κ2) is 5.06. The Balaban J connectivity index is 2.18. The van der Waals surface area contributed by atoms with E-state index in [0.29, 0.717) is 5.92 Å². The lowest BCUT2D eigenvalue weighted by Gasteiger charge is -2.20. The van der Waals surface area contributed by atoms with Crippen LogP contribution in [0.1, 0.15) is 24.1 Å². The predicted octanol–water partition coefficient (Wildman–Crippen LogP) is 0.430. The van der Waals surface area contributed by atoms with E-state index in [-0.39, 0.29) is 13.2 Å². The van der Waals surface area contributed by atoms with E-state index >= 15 is 0 Å². The first-order valence-electron chi connectivity index (χ1n) is 6.16. The normalized spacial score (nSPS) is 20.2. The molecule has 2 heterocycles. The van der Waals surface area contributed by atoms with Gasteiger partial charge in [0.05, 0.1) is 12.3 Å². The van der Waals surface area contributed by atoms with Gasteiger partial charge in [-0.05, 0) is 25.7 Å². The Morgan fingerprint density at radius 1 is 1.41 bits per heavy atom. The Morgan fingerprint density at radius 2 is 2.18 bits per heavy atom. The van der Waals surface area contributed by atoms with Crippen molar-refractivity contribution in [1.82, 2.24) is 9.78 Å². The molecule has 0 saturated carbocycles. The summed E-state index contributed by atoms with van der Waals surface area (Å²) >= 11 is 0. The molecule has 2 N–H and O–H groups in total. The van der Waals surface area contributed by atoms with Crippen LogP contribution >= 0.6 is 0 Å². The van der Waals surface area contributed by atoms with Crippen LogP contribution in [0.2, 0.25) is 0 Å². The van der Waals surface area contributed by atoms with E-state index in [0.717, 1.165) is 43.0 Å². The van der Waals surface area contributed by atoms with Gasteiger partial charge in [-0.25, -0.2) is 0 Å². The molecule has 1 fully saturated rings. The number of aromatic nitrogens is 2. The average Bonchev–Trinajstić information content (AvgIpc) is 2.83. The number of hydrogen-bond acceptors (Lipinski definition) is 4. The molecule has 17 heavy (non-hydrogen) atoms. The molecule has 0 aliphatic carbocycles. The molecular formula is C12H21N3O2. The highest BCUT2D eigenvalue weighted by Crippen LogP contribution is 2.29. The van der Waals surface area contributed by atoms with Crippen molar-refractivity contribution in [1.29, 1.82) is 0 Å².